The molecule has 0 saturated heterocycles. The fourth-order valence-corrected chi connectivity index (χ4v) is 2.79. The number of nitrogens with zero attached hydrogens (tertiary/aromatic N) is 3. The highest BCUT2D eigenvalue weighted by Crippen LogP contribution is 2.22. The number of aromatic nitrogens is 3. The number of carboxylic acids is 1. The molecule has 3 rings (SSSR count). The lowest BCUT2D eigenvalue weighted by atomic mass is 10.2. The second kappa shape index (κ2) is 6.34. The van der Waals surface area contributed by atoms with E-state index in [1.54, 1.807) is 5.38 Å². The number of pyridine rings is 2. The number of nitrogens with two attached hydrogens (primary N) is 1. The SMILES string of the molecule is NCCNc1nc2c(cc1F)c(=O)c(C(=O)O)cn2-c1nccs1. The normalized spacial score (nSPS) is 10.9. The Morgan fingerprint density at radius 3 is 2.92 bits per heavy atom. The second-order valence-corrected chi connectivity index (χ2v) is 5.64. The van der Waals surface area contributed by atoms with Gasteiger partial charge in [0.05, 0.1) is 5.39 Å². The first-order chi connectivity index (χ1) is 11.5. The van der Waals surface area contributed by atoms with Crippen molar-refractivity contribution < 1.29 is 14.3 Å². The van der Waals surface area contributed by atoms with Crippen LogP contribution in [-0.2, 0) is 0 Å². The van der Waals surface area contributed by atoms with E-state index in [2.05, 4.69) is 15.3 Å². The van der Waals surface area contributed by atoms with Crippen LogP contribution in [0.1, 0.15) is 10.4 Å². The monoisotopic (exact) mass is 349 g/mol. The van der Waals surface area contributed by atoms with Crippen molar-refractivity contribution in [1.82, 2.24) is 14.5 Å². The molecule has 4 N–H and O–H groups in total. The van der Waals surface area contributed by atoms with Gasteiger partial charge < -0.3 is 16.2 Å². The van der Waals surface area contributed by atoms with Crippen molar-refractivity contribution in [3.8, 4) is 5.13 Å². The maximum atomic E-state index is 14.2. The molecule has 8 nitrogen and oxygen atoms in total. The van der Waals surface area contributed by atoms with E-state index in [0.29, 0.717) is 11.7 Å². The molecule has 0 amide bonds. The lowest BCUT2D eigenvalue weighted by molar-refractivity contribution is 0.0695. The van der Waals surface area contributed by atoms with Crippen molar-refractivity contribution in [2.45, 2.75) is 0 Å². The number of carbonyl (C=O) groups is 1. The van der Waals surface area contributed by atoms with E-state index in [-0.39, 0.29) is 23.4 Å². The predicted molar refractivity (Wildman–Crippen MR) is 87.5 cm³/mol. The van der Waals surface area contributed by atoms with Gasteiger partial charge in [-0.3, -0.25) is 9.36 Å². The smallest absolute Gasteiger partial charge is 0.341 e. The van der Waals surface area contributed by atoms with Crippen LogP contribution in [-0.4, -0.2) is 38.7 Å². The molecule has 0 spiro atoms. The van der Waals surface area contributed by atoms with Crippen molar-refractivity contribution in [2.24, 2.45) is 5.73 Å². The molecule has 0 aliphatic rings. The van der Waals surface area contributed by atoms with E-state index < -0.39 is 22.8 Å². The number of thiazole rings is 1. The summed E-state index contributed by atoms with van der Waals surface area (Å²) in [6.07, 6.45) is 2.67. The minimum Gasteiger partial charge on any atom is -0.477 e. The lowest BCUT2D eigenvalue weighted by Gasteiger charge is -2.11. The molecule has 10 heteroatoms. The molecule has 24 heavy (non-hydrogen) atoms. The Kier molecular flexibility index (Phi) is 4.23. The predicted octanol–water partition coefficient (Wildman–Crippen LogP) is 1.05. The van der Waals surface area contributed by atoms with Gasteiger partial charge in [-0.15, -0.1) is 11.3 Å². The Labute approximate surface area is 138 Å². The van der Waals surface area contributed by atoms with E-state index in [1.807, 2.05) is 0 Å². The molecule has 0 aliphatic heterocycles. The number of anilines is 1. The van der Waals surface area contributed by atoms with Crippen molar-refractivity contribution in [2.75, 3.05) is 18.4 Å². The fourth-order valence-electron chi connectivity index (χ4n) is 2.17. The molecule has 0 fully saturated rings. The summed E-state index contributed by atoms with van der Waals surface area (Å²) in [6, 6.07) is 0.972. The topological polar surface area (TPSA) is 123 Å². The van der Waals surface area contributed by atoms with Crippen LogP contribution in [0.4, 0.5) is 10.2 Å². The Bertz CT molecular complexity index is 971. The van der Waals surface area contributed by atoms with E-state index in [1.165, 1.54) is 22.1 Å². The number of aromatic carboxylic acids is 1. The Morgan fingerprint density at radius 1 is 1.50 bits per heavy atom. The van der Waals surface area contributed by atoms with E-state index in [0.717, 1.165) is 12.3 Å². The van der Waals surface area contributed by atoms with Crippen molar-refractivity contribution in [3.05, 3.63) is 45.4 Å². The van der Waals surface area contributed by atoms with Crippen LogP contribution in [0.5, 0.6) is 0 Å². The van der Waals surface area contributed by atoms with Gasteiger partial charge in [0.2, 0.25) is 5.43 Å². The molecule has 3 aromatic heterocycles. The zero-order valence-corrected chi connectivity index (χ0v) is 13.0. The summed E-state index contributed by atoms with van der Waals surface area (Å²) in [5, 5.41) is 13.9. The fraction of sp³-hybridized carbons (Fsp3) is 0.143. The molecule has 0 saturated carbocycles. The molecular formula is C14H12FN5O3S. The number of hydrogen-bond donors (Lipinski definition) is 3. The van der Waals surface area contributed by atoms with Gasteiger partial charge in [0.1, 0.15) is 5.56 Å². The van der Waals surface area contributed by atoms with Crippen LogP contribution in [0.15, 0.2) is 28.6 Å². The van der Waals surface area contributed by atoms with E-state index in [4.69, 9.17) is 5.73 Å². The number of rotatable bonds is 5. The summed E-state index contributed by atoms with van der Waals surface area (Å²) in [5.74, 6) is -2.24. The van der Waals surface area contributed by atoms with Crippen molar-refractivity contribution in [1.29, 1.82) is 0 Å². The van der Waals surface area contributed by atoms with Gasteiger partial charge in [0.25, 0.3) is 0 Å². The van der Waals surface area contributed by atoms with Crippen LogP contribution in [0, 0.1) is 5.82 Å². The largest absolute Gasteiger partial charge is 0.477 e. The summed E-state index contributed by atoms with van der Waals surface area (Å²) in [5.41, 5.74) is 4.21. The molecule has 0 radical (unpaired) electrons. The summed E-state index contributed by atoms with van der Waals surface area (Å²) in [4.78, 5) is 31.8. The average molecular weight is 349 g/mol. The molecule has 0 atom stereocenters. The number of fused-ring (bicyclic) bond motifs is 1. The third kappa shape index (κ3) is 2.72. The highest BCUT2D eigenvalue weighted by atomic mass is 32.1. The summed E-state index contributed by atoms with van der Waals surface area (Å²) in [6.45, 7) is 0.570. The standard InChI is InChI=1S/C14H12FN5O3S/c15-9-5-7-10(21)8(13(22)23)6-20(14-18-3-4-24-14)12(7)19-11(9)17-2-1-16/h3-6H,1-2,16H2,(H,17,19)(H,22,23). The number of hydrogen-bond acceptors (Lipinski definition) is 7. The van der Waals surface area contributed by atoms with Gasteiger partial charge in [0, 0.05) is 30.9 Å². The molecule has 0 aliphatic carbocycles. The highest BCUT2D eigenvalue weighted by molar-refractivity contribution is 7.12. The van der Waals surface area contributed by atoms with Crippen LogP contribution in [0.2, 0.25) is 0 Å². The Morgan fingerprint density at radius 2 is 2.29 bits per heavy atom. The molecule has 3 aromatic rings. The molecule has 0 unspecified atom stereocenters. The van der Waals surface area contributed by atoms with Gasteiger partial charge in [-0.05, 0) is 6.07 Å². The Balaban J connectivity index is 2.36. The highest BCUT2D eigenvalue weighted by Gasteiger charge is 2.19. The number of carboxylic acid groups (broad SMARTS) is 1. The van der Waals surface area contributed by atoms with Crippen LogP contribution < -0.4 is 16.5 Å². The first kappa shape index (κ1) is 16.0. The maximum absolute atomic E-state index is 14.2. The number of halogens is 1. The van der Waals surface area contributed by atoms with Gasteiger partial charge in [0.15, 0.2) is 22.4 Å². The van der Waals surface area contributed by atoms with Crippen LogP contribution in [0.3, 0.4) is 0 Å². The third-order valence-corrected chi connectivity index (χ3v) is 3.99. The first-order valence-electron chi connectivity index (χ1n) is 6.86. The van der Waals surface area contributed by atoms with Crippen molar-refractivity contribution in [3.63, 3.8) is 0 Å². The minimum absolute atomic E-state index is 0.0688. The average Bonchev–Trinajstić information content (AvgIpc) is 3.08. The molecule has 124 valence electrons. The third-order valence-electron chi connectivity index (χ3n) is 3.22. The molecular weight excluding hydrogens is 337 g/mol. The van der Waals surface area contributed by atoms with E-state index in [9.17, 15) is 19.1 Å². The Hall–Kier alpha value is -2.85. The van der Waals surface area contributed by atoms with Gasteiger partial charge in [-0.1, -0.05) is 0 Å². The maximum Gasteiger partial charge on any atom is 0.341 e. The van der Waals surface area contributed by atoms with Gasteiger partial charge in [-0.25, -0.2) is 19.2 Å². The minimum atomic E-state index is -1.40. The summed E-state index contributed by atoms with van der Waals surface area (Å²) < 4.78 is 15.5. The second-order valence-electron chi connectivity index (χ2n) is 4.77. The zero-order valence-electron chi connectivity index (χ0n) is 12.2. The molecule has 3 heterocycles. The quantitative estimate of drug-likeness (QED) is 0.629. The number of nitrogens with one attached hydrogen (secondary N) is 1. The zero-order chi connectivity index (χ0) is 17.3. The van der Waals surface area contributed by atoms with Crippen LogP contribution >= 0.6 is 11.3 Å². The lowest BCUT2D eigenvalue weighted by Crippen LogP contribution is -2.20. The molecule has 0 aromatic carbocycles. The van der Waals surface area contributed by atoms with Gasteiger partial charge in [-0.2, -0.15) is 0 Å². The molecule has 0 bridgehead atoms. The van der Waals surface area contributed by atoms with Crippen molar-refractivity contribution >= 4 is 34.2 Å². The summed E-state index contributed by atoms with van der Waals surface area (Å²) >= 11 is 1.23. The van der Waals surface area contributed by atoms with Crippen LogP contribution in [0.25, 0.3) is 16.2 Å². The first-order valence-corrected chi connectivity index (χ1v) is 7.74. The van der Waals surface area contributed by atoms with E-state index >= 15 is 0 Å². The summed E-state index contributed by atoms with van der Waals surface area (Å²) in [7, 11) is 0. The van der Waals surface area contributed by atoms with Gasteiger partial charge >= 0.3 is 5.97 Å².